The minimum Gasteiger partial charge on any atom is -0.311 e. The van der Waals surface area contributed by atoms with E-state index in [4.69, 9.17) is 11.6 Å². The summed E-state index contributed by atoms with van der Waals surface area (Å²) >= 11 is 7.08. The van der Waals surface area contributed by atoms with Gasteiger partial charge in [-0.25, -0.2) is 0 Å². The Kier molecular flexibility index (Phi) is 1.70. The van der Waals surface area contributed by atoms with E-state index in [0.717, 1.165) is 15.8 Å². The van der Waals surface area contributed by atoms with Crippen molar-refractivity contribution >= 4 is 33.2 Å². The molecule has 0 saturated heterocycles. The second-order valence-corrected chi connectivity index (χ2v) is 3.97. The number of H-pyrrole nitrogens is 1. The normalized spacial score (nSPS) is 10.8. The average molecular weight is 200 g/mol. The predicted octanol–water partition coefficient (Wildman–Crippen LogP) is 2.55. The van der Waals surface area contributed by atoms with Crippen molar-refractivity contribution in [2.45, 2.75) is 6.92 Å². The van der Waals surface area contributed by atoms with E-state index in [1.54, 1.807) is 6.07 Å². The van der Waals surface area contributed by atoms with Crippen molar-refractivity contribution in [1.29, 1.82) is 0 Å². The first-order valence-electron chi connectivity index (χ1n) is 3.46. The monoisotopic (exact) mass is 199 g/mol. The lowest BCUT2D eigenvalue weighted by Gasteiger charge is -1.95. The molecule has 0 aliphatic carbocycles. The number of hydrogen-bond acceptors (Lipinski definition) is 2. The zero-order valence-electron chi connectivity index (χ0n) is 6.35. The number of rotatable bonds is 0. The van der Waals surface area contributed by atoms with Crippen LogP contribution in [-0.4, -0.2) is 4.98 Å². The summed E-state index contributed by atoms with van der Waals surface area (Å²) in [6, 6.07) is 3.70. The van der Waals surface area contributed by atoms with E-state index in [1.807, 2.05) is 13.0 Å². The predicted molar refractivity (Wildman–Crippen MR) is 52.2 cm³/mol. The average Bonchev–Trinajstić information content (AvgIpc) is 2.41. The molecule has 62 valence electrons. The molecule has 0 spiro atoms. The molecule has 0 amide bonds. The van der Waals surface area contributed by atoms with Gasteiger partial charge in [0.1, 0.15) is 0 Å². The van der Waals surface area contributed by atoms with Gasteiger partial charge in [-0.15, -0.1) is 0 Å². The molecule has 0 aliphatic rings. The largest absolute Gasteiger partial charge is 0.311 e. The van der Waals surface area contributed by atoms with E-state index >= 15 is 0 Å². The van der Waals surface area contributed by atoms with E-state index < -0.39 is 0 Å². The Labute approximate surface area is 77.8 Å². The van der Waals surface area contributed by atoms with Gasteiger partial charge in [-0.1, -0.05) is 29.0 Å². The zero-order chi connectivity index (χ0) is 8.72. The highest BCUT2D eigenvalue weighted by Gasteiger charge is 2.04. The highest BCUT2D eigenvalue weighted by Crippen LogP contribution is 2.25. The third-order valence-corrected chi connectivity index (χ3v) is 3.06. The van der Waals surface area contributed by atoms with Crippen molar-refractivity contribution in [1.82, 2.24) is 4.98 Å². The van der Waals surface area contributed by atoms with Crippen LogP contribution in [0.15, 0.2) is 16.9 Å². The molecule has 0 fully saturated rings. The highest BCUT2D eigenvalue weighted by molar-refractivity contribution is 7.16. The molecule has 0 saturated carbocycles. The lowest BCUT2D eigenvalue weighted by atomic mass is 10.2. The number of thiazole rings is 1. The van der Waals surface area contributed by atoms with Crippen LogP contribution in [-0.2, 0) is 0 Å². The van der Waals surface area contributed by atoms with Crippen LogP contribution < -0.4 is 4.87 Å². The quantitative estimate of drug-likeness (QED) is 0.695. The molecule has 1 aromatic heterocycles. The minimum absolute atomic E-state index is 0.0544. The maximum Gasteiger partial charge on any atom is 0.305 e. The smallest absolute Gasteiger partial charge is 0.305 e. The maximum absolute atomic E-state index is 11.0. The van der Waals surface area contributed by atoms with Crippen molar-refractivity contribution in [3.63, 3.8) is 0 Å². The number of aromatic amines is 1. The topological polar surface area (TPSA) is 32.9 Å². The Morgan fingerprint density at radius 2 is 2.25 bits per heavy atom. The zero-order valence-corrected chi connectivity index (χ0v) is 7.92. The SMILES string of the molecule is Cc1ccc(Cl)c2[nH]c(=O)sc12. The number of fused-ring (bicyclic) bond motifs is 1. The molecule has 0 unspecified atom stereocenters. The van der Waals surface area contributed by atoms with Crippen LogP contribution in [0.2, 0.25) is 5.02 Å². The van der Waals surface area contributed by atoms with Crippen LogP contribution >= 0.6 is 22.9 Å². The molecular weight excluding hydrogens is 194 g/mol. The number of hydrogen-bond donors (Lipinski definition) is 1. The molecule has 2 rings (SSSR count). The first kappa shape index (κ1) is 7.83. The van der Waals surface area contributed by atoms with Gasteiger partial charge in [0, 0.05) is 0 Å². The molecule has 0 aliphatic heterocycles. The van der Waals surface area contributed by atoms with Crippen LogP contribution in [0.5, 0.6) is 0 Å². The second-order valence-electron chi connectivity index (χ2n) is 2.58. The van der Waals surface area contributed by atoms with Crippen molar-refractivity contribution < 1.29 is 0 Å². The lowest BCUT2D eigenvalue weighted by molar-refractivity contribution is 1.40. The van der Waals surface area contributed by atoms with Gasteiger partial charge in [-0.2, -0.15) is 0 Å². The summed E-state index contributed by atoms with van der Waals surface area (Å²) in [7, 11) is 0. The minimum atomic E-state index is -0.0544. The fourth-order valence-corrected chi connectivity index (χ4v) is 2.22. The van der Waals surface area contributed by atoms with E-state index in [1.165, 1.54) is 11.3 Å². The Bertz CT molecular complexity index is 443. The van der Waals surface area contributed by atoms with Gasteiger partial charge in [-0.3, -0.25) is 4.79 Å². The molecule has 2 nitrogen and oxygen atoms in total. The number of benzene rings is 1. The first-order valence-corrected chi connectivity index (χ1v) is 4.66. The van der Waals surface area contributed by atoms with Crippen LogP contribution in [0.3, 0.4) is 0 Å². The molecule has 12 heavy (non-hydrogen) atoms. The summed E-state index contributed by atoms with van der Waals surface area (Å²) in [5.41, 5.74) is 1.84. The molecule has 0 radical (unpaired) electrons. The third-order valence-electron chi connectivity index (χ3n) is 1.73. The molecule has 0 atom stereocenters. The molecular formula is C8H6ClNOS. The van der Waals surface area contributed by atoms with Gasteiger partial charge >= 0.3 is 4.87 Å². The molecule has 1 aromatic carbocycles. The summed E-state index contributed by atoms with van der Waals surface area (Å²) in [5, 5.41) is 0.606. The van der Waals surface area contributed by atoms with E-state index in [2.05, 4.69) is 4.98 Å². The van der Waals surface area contributed by atoms with Gasteiger partial charge in [-0.05, 0) is 18.6 Å². The van der Waals surface area contributed by atoms with E-state index in [0.29, 0.717) is 5.02 Å². The first-order chi connectivity index (χ1) is 5.68. The Balaban J connectivity index is 3.03. The Hall–Kier alpha value is -0.800. The molecule has 2 aromatic rings. The van der Waals surface area contributed by atoms with Crippen molar-refractivity contribution in [3.05, 3.63) is 32.4 Å². The lowest BCUT2D eigenvalue weighted by Crippen LogP contribution is -1.89. The number of nitrogens with one attached hydrogen (secondary N) is 1. The van der Waals surface area contributed by atoms with Gasteiger partial charge in [0.15, 0.2) is 0 Å². The summed E-state index contributed by atoms with van der Waals surface area (Å²) in [5.74, 6) is 0. The van der Waals surface area contributed by atoms with Gasteiger partial charge in [0.2, 0.25) is 0 Å². The summed E-state index contributed by atoms with van der Waals surface area (Å²) < 4.78 is 0.951. The molecule has 4 heteroatoms. The van der Waals surface area contributed by atoms with E-state index in [9.17, 15) is 4.79 Å². The third kappa shape index (κ3) is 1.06. The highest BCUT2D eigenvalue weighted by atomic mass is 35.5. The van der Waals surface area contributed by atoms with E-state index in [-0.39, 0.29) is 4.87 Å². The van der Waals surface area contributed by atoms with Crippen molar-refractivity contribution in [2.75, 3.05) is 0 Å². The number of aromatic nitrogens is 1. The summed E-state index contributed by atoms with van der Waals surface area (Å²) in [4.78, 5) is 13.6. The van der Waals surface area contributed by atoms with Gasteiger partial charge < -0.3 is 4.98 Å². The van der Waals surface area contributed by atoms with Crippen LogP contribution in [0.1, 0.15) is 5.56 Å². The summed E-state index contributed by atoms with van der Waals surface area (Å²) in [6.45, 7) is 1.96. The second kappa shape index (κ2) is 2.61. The molecule has 0 bridgehead atoms. The van der Waals surface area contributed by atoms with Crippen molar-refractivity contribution in [2.24, 2.45) is 0 Å². The Morgan fingerprint density at radius 3 is 2.92 bits per heavy atom. The Morgan fingerprint density at radius 1 is 1.50 bits per heavy atom. The standard InChI is InChI=1S/C8H6ClNOS/c1-4-2-3-5(9)6-7(4)12-8(11)10-6/h2-3H,1H3,(H,10,11). The fraction of sp³-hybridized carbons (Fsp3) is 0.125. The van der Waals surface area contributed by atoms with Crippen LogP contribution in [0.4, 0.5) is 0 Å². The number of aryl methyl sites for hydroxylation is 1. The maximum atomic E-state index is 11.0. The fourth-order valence-electron chi connectivity index (χ4n) is 1.13. The van der Waals surface area contributed by atoms with Crippen LogP contribution in [0.25, 0.3) is 10.2 Å². The molecule has 1 N–H and O–H groups in total. The molecule has 1 heterocycles. The summed E-state index contributed by atoms with van der Waals surface area (Å²) in [6.07, 6.45) is 0. The number of halogens is 1. The van der Waals surface area contributed by atoms with Crippen LogP contribution in [0, 0.1) is 6.92 Å². The van der Waals surface area contributed by atoms with Gasteiger partial charge in [0.25, 0.3) is 0 Å². The van der Waals surface area contributed by atoms with Crippen molar-refractivity contribution in [3.8, 4) is 0 Å². The van der Waals surface area contributed by atoms with Gasteiger partial charge in [0.05, 0.1) is 15.2 Å².